The Morgan fingerprint density at radius 1 is 1.12 bits per heavy atom. The number of hydroxylamine groups is 2. The number of aryl methyl sites for hydroxylation is 1. The summed E-state index contributed by atoms with van der Waals surface area (Å²) in [6.45, 7) is 0. The summed E-state index contributed by atoms with van der Waals surface area (Å²) in [5.74, 6) is -0.354. The van der Waals surface area contributed by atoms with E-state index in [1.54, 1.807) is 31.3 Å². The molecule has 25 heavy (non-hydrogen) atoms. The fourth-order valence-corrected chi connectivity index (χ4v) is 3.22. The van der Waals surface area contributed by atoms with Crippen LogP contribution in [0.3, 0.4) is 0 Å². The van der Waals surface area contributed by atoms with Gasteiger partial charge in [-0.3, -0.25) is 14.4 Å². The molecule has 0 heterocycles. The van der Waals surface area contributed by atoms with Crippen LogP contribution in [0.25, 0.3) is 0 Å². The molecular formula is C20H22N2O3. The van der Waals surface area contributed by atoms with Gasteiger partial charge in [-0.1, -0.05) is 24.3 Å². The van der Waals surface area contributed by atoms with E-state index in [1.165, 1.54) is 12.7 Å². The highest BCUT2D eigenvalue weighted by molar-refractivity contribution is 5.97. The first-order valence-electron chi connectivity index (χ1n) is 8.41. The van der Waals surface area contributed by atoms with Gasteiger partial charge in [0, 0.05) is 18.3 Å². The molecule has 0 fully saturated rings. The van der Waals surface area contributed by atoms with Crippen LogP contribution in [-0.4, -0.2) is 31.0 Å². The lowest BCUT2D eigenvalue weighted by Crippen LogP contribution is -2.26. The molecule has 130 valence electrons. The summed E-state index contributed by atoms with van der Waals surface area (Å²) in [6, 6.07) is 15.0. The molecular weight excluding hydrogens is 316 g/mol. The average molecular weight is 338 g/mol. The number of carbonyl (C=O) groups excluding carboxylic acids is 2. The predicted molar refractivity (Wildman–Crippen MR) is 96.3 cm³/mol. The van der Waals surface area contributed by atoms with Gasteiger partial charge in [-0.15, -0.1) is 0 Å². The molecule has 2 amide bonds. The van der Waals surface area contributed by atoms with E-state index in [2.05, 4.69) is 11.4 Å². The predicted octanol–water partition coefficient (Wildman–Crippen LogP) is 3.38. The molecule has 2 aromatic rings. The van der Waals surface area contributed by atoms with Gasteiger partial charge < -0.3 is 5.32 Å². The Morgan fingerprint density at radius 2 is 1.84 bits per heavy atom. The highest BCUT2D eigenvalue weighted by atomic mass is 16.7. The number of fused-ring (bicyclic) bond motifs is 1. The largest absolute Gasteiger partial charge is 0.326 e. The van der Waals surface area contributed by atoms with Crippen molar-refractivity contribution in [2.24, 2.45) is 0 Å². The molecule has 1 aliphatic carbocycles. The van der Waals surface area contributed by atoms with E-state index in [4.69, 9.17) is 4.84 Å². The first kappa shape index (κ1) is 17.2. The molecule has 2 aromatic carbocycles. The smallest absolute Gasteiger partial charge is 0.277 e. The minimum absolute atomic E-state index is 0.000219. The lowest BCUT2D eigenvalue weighted by molar-refractivity contribution is -0.117. The lowest BCUT2D eigenvalue weighted by Gasteiger charge is -2.24. The summed E-state index contributed by atoms with van der Waals surface area (Å²) >= 11 is 0. The zero-order valence-corrected chi connectivity index (χ0v) is 14.5. The summed E-state index contributed by atoms with van der Waals surface area (Å²) in [6.07, 6.45) is 2.91. The van der Waals surface area contributed by atoms with Crippen molar-refractivity contribution in [1.29, 1.82) is 0 Å². The summed E-state index contributed by atoms with van der Waals surface area (Å²) in [4.78, 5) is 29.6. The van der Waals surface area contributed by atoms with Crippen LogP contribution in [0, 0.1) is 0 Å². The number of anilines is 1. The molecule has 1 aliphatic rings. The maximum atomic E-state index is 12.7. The summed E-state index contributed by atoms with van der Waals surface area (Å²) in [5, 5.41) is 4.13. The maximum Gasteiger partial charge on any atom is 0.277 e. The molecule has 5 heteroatoms. The Bertz CT molecular complexity index is 771. The number of hydrogen-bond donors (Lipinski definition) is 1. The van der Waals surface area contributed by atoms with Crippen LogP contribution in [-0.2, 0) is 16.1 Å². The third-order valence-corrected chi connectivity index (χ3v) is 4.65. The Hall–Kier alpha value is -2.66. The van der Waals surface area contributed by atoms with Crippen molar-refractivity contribution in [3.05, 3.63) is 65.2 Å². The highest BCUT2D eigenvalue weighted by Crippen LogP contribution is 2.32. The molecule has 5 nitrogen and oxygen atoms in total. The van der Waals surface area contributed by atoms with Crippen LogP contribution >= 0.6 is 0 Å². The molecule has 1 atom stereocenters. The van der Waals surface area contributed by atoms with Crippen LogP contribution in [0.2, 0.25) is 0 Å². The van der Waals surface area contributed by atoms with Gasteiger partial charge in [0.1, 0.15) is 0 Å². The van der Waals surface area contributed by atoms with Gasteiger partial charge in [-0.2, -0.15) is 0 Å². The second-order valence-corrected chi connectivity index (χ2v) is 6.20. The van der Waals surface area contributed by atoms with Crippen molar-refractivity contribution in [2.45, 2.75) is 25.2 Å². The average Bonchev–Trinajstić information content (AvgIpc) is 2.66. The number of amides is 2. The van der Waals surface area contributed by atoms with Gasteiger partial charge in [-0.25, -0.2) is 5.06 Å². The number of rotatable bonds is 4. The SMILES string of the molecule is CON(C)C(=O)c1ccc(NC(=O)[C@@H]2CCCc3ccccc32)cc1. The molecule has 0 unspecified atom stereocenters. The van der Waals surface area contributed by atoms with Crippen LogP contribution in [0.1, 0.15) is 40.2 Å². The highest BCUT2D eigenvalue weighted by Gasteiger charge is 2.26. The van der Waals surface area contributed by atoms with Crippen molar-refractivity contribution in [2.75, 3.05) is 19.5 Å². The number of carbonyl (C=O) groups is 2. The van der Waals surface area contributed by atoms with Gasteiger partial charge >= 0.3 is 0 Å². The number of hydrogen-bond acceptors (Lipinski definition) is 3. The molecule has 0 bridgehead atoms. The van der Waals surface area contributed by atoms with Crippen molar-refractivity contribution in [3.8, 4) is 0 Å². The fourth-order valence-electron chi connectivity index (χ4n) is 3.22. The van der Waals surface area contributed by atoms with E-state index < -0.39 is 0 Å². The van der Waals surface area contributed by atoms with Gasteiger partial charge in [0.2, 0.25) is 5.91 Å². The number of benzene rings is 2. The molecule has 1 N–H and O–H groups in total. The summed E-state index contributed by atoms with van der Waals surface area (Å²) < 4.78 is 0. The van der Waals surface area contributed by atoms with E-state index in [0.29, 0.717) is 11.3 Å². The third kappa shape index (κ3) is 3.72. The van der Waals surface area contributed by atoms with Crippen LogP contribution in [0.5, 0.6) is 0 Å². The third-order valence-electron chi connectivity index (χ3n) is 4.65. The lowest BCUT2D eigenvalue weighted by atomic mass is 9.82. The zero-order chi connectivity index (χ0) is 17.8. The Labute approximate surface area is 147 Å². The first-order chi connectivity index (χ1) is 12.1. The van der Waals surface area contributed by atoms with Crippen molar-refractivity contribution < 1.29 is 14.4 Å². The van der Waals surface area contributed by atoms with E-state index >= 15 is 0 Å². The zero-order valence-electron chi connectivity index (χ0n) is 14.5. The second-order valence-electron chi connectivity index (χ2n) is 6.20. The van der Waals surface area contributed by atoms with Crippen LogP contribution in [0.4, 0.5) is 5.69 Å². The second kappa shape index (κ2) is 7.49. The summed E-state index contributed by atoms with van der Waals surface area (Å²) in [7, 11) is 2.99. The van der Waals surface area contributed by atoms with E-state index in [0.717, 1.165) is 29.9 Å². The minimum Gasteiger partial charge on any atom is -0.326 e. The van der Waals surface area contributed by atoms with Crippen molar-refractivity contribution in [3.63, 3.8) is 0 Å². The van der Waals surface area contributed by atoms with Gasteiger partial charge in [0.05, 0.1) is 13.0 Å². The monoisotopic (exact) mass is 338 g/mol. The van der Waals surface area contributed by atoms with Crippen molar-refractivity contribution >= 4 is 17.5 Å². The van der Waals surface area contributed by atoms with E-state index in [-0.39, 0.29) is 17.7 Å². The normalized spacial score (nSPS) is 16.0. The van der Waals surface area contributed by atoms with Crippen LogP contribution in [0.15, 0.2) is 48.5 Å². The number of nitrogens with zero attached hydrogens (tertiary/aromatic N) is 1. The summed E-state index contributed by atoms with van der Waals surface area (Å²) in [5.41, 5.74) is 3.58. The maximum absolute atomic E-state index is 12.7. The van der Waals surface area contributed by atoms with Gasteiger partial charge in [-0.05, 0) is 54.7 Å². The Morgan fingerprint density at radius 3 is 2.56 bits per heavy atom. The van der Waals surface area contributed by atoms with Crippen LogP contribution < -0.4 is 5.32 Å². The Kier molecular flexibility index (Phi) is 5.14. The minimum atomic E-state index is -0.235. The van der Waals surface area contributed by atoms with Crippen molar-refractivity contribution in [1.82, 2.24) is 5.06 Å². The van der Waals surface area contributed by atoms with E-state index in [1.807, 2.05) is 18.2 Å². The molecule has 0 radical (unpaired) electrons. The number of nitrogens with one attached hydrogen (secondary N) is 1. The molecule has 0 saturated carbocycles. The standard InChI is InChI=1S/C20H22N2O3/c1-22(25-2)20(24)15-10-12-16(13-11-15)21-19(23)18-9-5-7-14-6-3-4-8-17(14)18/h3-4,6,8,10-13,18H,5,7,9H2,1-2H3,(H,21,23)/t18-/m1/s1. The quantitative estimate of drug-likeness (QED) is 0.870. The van der Waals surface area contributed by atoms with Gasteiger partial charge in [0.25, 0.3) is 5.91 Å². The first-order valence-corrected chi connectivity index (χ1v) is 8.41. The molecule has 0 saturated heterocycles. The molecule has 3 rings (SSSR count). The van der Waals surface area contributed by atoms with E-state index in [9.17, 15) is 9.59 Å². The molecule has 0 aromatic heterocycles. The molecule has 0 aliphatic heterocycles. The Balaban J connectivity index is 1.71. The molecule has 0 spiro atoms. The fraction of sp³-hybridized carbons (Fsp3) is 0.300. The topological polar surface area (TPSA) is 58.6 Å². The van der Waals surface area contributed by atoms with Gasteiger partial charge in [0.15, 0.2) is 0 Å².